The van der Waals surface area contributed by atoms with Gasteiger partial charge >= 0.3 is 6.18 Å². The van der Waals surface area contributed by atoms with Gasteiger partial charge in [0, 0.05) is 17.1 Å². The lowest BCUT2D eigenvalue weighted by Gasteiger charge is -2.13. The van der Waals surface area contributed by atoms with Crippen LogP contribution in [0.1, 0.15) is 22.5 Å². The third-order valence-corrected chi connectivity index (χ3v) is 3.54. The fourth-order valence-corrected chi connectivity index (χ4v) is 2.44. The number of aromatic nitrogens is 1. The topological polar surface area (TPSA) is 68.8 Å². The van der Waals surface area contributed by atoms with E-state index in [1.807, 2.05) is 0 Å². The standard InChI is InChI=1S/C17H13F3N2O2/c1-10-6-12(7-13(9-21)16(23)24)11(2)22(10)15-5-3-4-14(8-15)17(18,19)20/h3-8H,1-2H3,(H,23,24)/p-1/b13-7+. The molecule has 7 heteroatoms. The Morgan fingerprint density at radius 1 is 1.29 bits per heavy atom. The summed E-state index contributed by atoms with van der Waals surface area (Å²) in [5.74, 6) is -1.61. The smallest absolute Gasteiger partial charge is 0.416 e. The Labute approximate surface area is 136 Å². The monoisotopic (exact) mass is 333 g/mol. The summed E-state index contributed by atoms with van der Waals surface area (Å²) in [5, 5.41) is 19.6. The van der Waals surface area contributed by atoms with E-state index in [2.05, 4.69) is 0 Å². The van der Waals surface area contributed by atoms with Crippen molar-refractivity contribution < 1.29 is 23.1 Å². The number of carboxylic acids is 1. The number of aliphatic carboxylic acids is 1. The van der Waals surface area contributed by atoms with Crippen molar-refractivity contribution in [3.8, 4) is 11.8 Å². The van der Waals surface area contributed by atoms with Gasteiger partial charge in [0.25, 0.3) is 0 Å². The Bertz CT molecular complexity index is 871. The molecule has 0 aliphatic heterocycles. The quantitative estimate of drug-likeness (QED) is 0.641. The van der Waals surface area contributed by atoms with Crippen LogP contribution >= 0.6 is 0 Å². The number of carbonyl (C=O) groups excluding carboxylic acids is 1. The van der Waals surface area contributed by atoms with Crippen LogP contribution in [-0.2, 0) is 11.0 Å². The maximum absolute atomic E-state index is 12.9. The maximum Gasteiger partial charge on any atom is 0.416 e. The van der Waals surface area contributed by atoms with Crippen molar-refractivity contribution in [1.82, 2.24) is 4.57 Å². The maximum atomic E-state index is 12.9. The number of carboxylic acid groups (broad SMARTS) is 1. The van der Waals surface area contributed by atoms with E-state index in [1.165, 1.54) is 18.2 Å². The molecular weight excluding hydrogens is 321 g/mol. The summed E-state index contributed by atoms with van der Waals surface area (Å²) < 4.78 is 40.2. The number of nitrogens with zero attached hydrogens (tertiary/aromatic N) is 2. The van der Waals surface area contributed by atoms with E-state index in [-0.39, 0.29) is 0 Å². The summed E-state index contributed by atoms with van der Waals surface area (Å²) in [7, 11) is 0. The second kappa shape index (κ2) is 6.24. The van der Waals surface area contributed by atoms with E-state index in [0.717, 1.165) is 18.2 Å². The van der Waals surface area contributed by atoms with Crippen molar-refractivity contribution in [3.63, 3.8) is 0 Å². The van der Waals surface area contributed by atoms with Gasteiger partial charge < -0.3 is 14.5 Å². The SMILES string of the molecule is Cc1cc(/C=C(\C#N)C(=O)[O-])c(C)n1-c1cccc(C(F)(F)F)c1. The lowest BCUT2D eigenvalue weighted by Crippen LogP contribution is -2.23. The van der Waals surface area contributed by atoms with Crippen molar-refractivity contribution in [2.24, 2.45) is 0 Å². The molecule has 2 rings (SSSR count). The molecule has 4 nitrogen and oxygen atoms in total. The second-order valence-electron chi connectivity index (χ2n) is 5.17. The van der Waals surface area contributed by atoms with Crippen LogP contribution < -0.4 is 5.11 Å². The van der Waals surface area contributed by atoms with Crippen LogP contribution in [0.3, 0.4) is 0 Å². The van der Waals surface area contributed by atoms with Crippen LogP contribution in [0.15, 0.2) is 35.9 Å². The third kappa shape index (κ3) is 3.33. The number of hydrogen-bond acceptors (Lipinski definition) is 3. The highest BCUT2D eigenvalue weighted by Crippen LogP contribution is 2.31. The van der Waals surface area contributed by atoms with Gasteiger partial charge in [0.2, 0.25) is 0 Å². The Hall–Kier alpha value is -3.01. The first-order chi connectivity index (χ1) is 11.1. The highest BCUT2D eigenvalue weighted by Gasteiger charge is 2.30. The molecule has 124 valence electrons. The minimum atomic E-state index is -4.46. The van der Waals surface area contributed by atoms with Crippen molar-refractivity contribution >= 4 is 12.0 Å². The molecule has 0 fully saturated rings. The number of benzene rings is 1. The van der Waals surface area contributed by atoms with E-state index in [4.69, 9.17) is 5.26 Å². The van der Waals surface area contributed by atoms with Gasteiger partial charge in [0.15, 0.2) is 0 Å². The Kier molecular flexibility index (Phi) is 4.51. The summed E-state index contributed by atoms with van der Waals surface area (Å²) in [6, 6.07) is 7.92. The zero-order valence-corrected chi connectivity index (χ0v) is 12.8. The van der Waals surface area contributed by atoms with Gasteiger partial charge in [-0.15, -0.1) is 0 Å². The average Bonchev–Trinajstić information content (AvgIpc) is 2.77. The number of hydrogen-bond donors (Lipinski definition) is 0. The van der Waals surface area contributed by atoms with Crippen LogP contribution in [0.25, 0.3) is 11.8 Å². The summed E-state index contributed by atoms with van der Waals surface area (Å²) in [5.41, 5.74) is 0.503. The molecule has 0 saturated heterocycles. The van der Waals surface area contributed by atoms with Gasteiger partial charge in [-0.1, -0.05) is 6.07 Å². The van der Waals surface area contributed by atoms with Gasteiger partial charge in [-0.05, 0) is 49.8 Å². The molecule has 0 atom stereocenters. The van der Waals surface area contributed by atoms with E-state index in [1.54, 1.807) is 24.5 Å². The molecule has 0 saturated carbocycles. The lowest BCUT2D eigenvalue weighted by molar-refractivity contribution is -0.298. The van der Waals surface area contributed by atoms with Crippen LogP contribution in [0.2, 0.25) is 0 Å². The van der Waals surface area contributed by atoms with E-state index in [9.17, 15) is 23.1 Å². The molecule has 0 aliphatic rings. The van der Waals surface area contributed by atoms with Crippen LogP contribution in [0.5, 0.6) is 0 Å². The number of nitriles is 1. The Morgan fingerprint density at radius 2 is 1.96 bits per heavy atom. The summed E-state index contributed by atoms with van der Waals surface area (Å²) >= 11 is 0. The zero-order chi connectivity index (χ0) is 18.1. The molecular formula is C17H12F3N2O2-. The van der Waals surface area contributed by atoms with Crippen LogP contribution in [-0.4, -0.2) is 10.5 Å². The molecule has 0 spiro atoms. The van der Waals surface area contributed by atoms with Crippen molar-refractivity contribution in [2.75, 3.05) is 0 Å². The van der Waals surface area contributed by atoms with Gasteiger partial charge in [0.05, 0.1) is 17.1 Å². The summed E-state index contributed by atoms with van der Waals surface area (Å²) in [6.45, 7) is 3.30. The van der Waals surface area contributed by atoms with E-state index in [0.29, 0.717) is 22.6 Å². The van der Waals surface area contributed by atoms with Crippen LogP contribution in [0, 0.1) is 25.2 Å². The number of alkyl halides is 3. The molecule has 2 aromatic rings. The largest absolute Gasteiger partial charge is 0.544 e. The van der Waals surface area contributed by atoms with Crippen molar-refractivity contribution in [2.45, 2.75) is 20.0 Å². The highest BCUT2D eigenvalue weighted by atomic mass is 19.4. The molecule has 0 amide bonds. The molecule has 0 unspecified atom stereocenters. The number of aryl methyl sites for hydroxylation is 1. The third-order valence-electron chi connectivity index (χ3n) is 3.54. The van der Waals surface area contributed by atoms with Gasteiger partial charge in [0.1, 0.15) is 6.07 Å². The number of halogens is 3. The number of carbonyl (C=O) groups is 1. The zero-order valence-electron chi connectivity index (χ0n) is 12.8. The highest BCUT2D eigenvalue weighted by molar-refractivity contribution is 5.95. The van der Waals surface area contributed by atoms with E-state index < -0.39 is 23.3 Å². The summed E-state index contributed by atoms with van der Waals surface area (Å²) in [4.78, 5) is 10.8. The van der Waals surface area contributed by atoms with Gasteiger partial charge in [-0.2, -0.15) is 18.4 Å². The predicted octanol–water partition coefficient (Wildman–Crippen LogP) is 2.77. The van der Waals surface area contributed by atoms with Crippen molar-refractivity contribution in [3.05, 3.63) is 58.4 Å². The van der Waals surface area contributed by atoms with Gasteiger partial charge in [-0.25, -0.2) is 0 Å². The lowest BCUT2D eigenvalue weighted by atomic mass is 10.1. The molecule has 0 aliphatic carbocycles. The number of rotatable bonds is 3. The van der Waals surface area contributed by atoms with Crippen LogP contribution in [0.4, 0.5) is 13.2 Å². The Morgan fingerprint density at radius 3 is 2.50 bits per heavy atom. The minimum Gasteiger partial charge on any atom is -0.544 e. The molecule has 0 bridgehead atoms. The Balaban J connectivity index is 2.59. The molecule has 1 aromatic carbocycles. The molecule has 1 aromatic heterocycles. The fraction of sp³-hybridized carbons (Fsp3) is 0.176. The average molecular weight is 333 g/mol. The van der Waals surface area contributed by atoms with Crippen molar-refractivity contribution in [1.29, 1.82) is 5.26 Å². The first-order valence-electron chi connectivity index (χ1n) is 6.85. The second-order valence-corrected chi connectivity index (χ2v) is 5.17. The van der Waals surface area contributed by atoms with Gasteiger partial charge in [-0.3, -0.25) is 0 Å². The fourth-order valence-electron chi connectivity index (χ4n) is 2.44. The molecule has 0 N–H and O–H groups in total. The predicted molar refractivity (Wildman–Crippen MR) is 78.8 cm³/mol. The summed E-state index contributed by atoms with van der Waals surface area (Å²) in [6.07, 6.45) is -3.32. The first-order valence-corrected chi connectivity index (χ1v) is 6.85. The molecule has 24 heavy (non-hydrogen) atoms. The normalized spacial score (nSPS) is 12.1. The minimum absolute atomic E-state index is 0.298. The van der Waals surface area contributed by atoms with E-state index >= 15 is 0 Å². The first kappa shape index (κ1) is 17.3. The molecule has 1 heterocycles. The molecule has 0 radical (unpaired) electrons.